The highest BCUT2D eigenvalue weighted by Crippen LogP contribution is 2.15. The molecule has 0 saturated heterocycles. The Kier molecular flexibility index (Phi) is 3.92. The highest BCUT2D eigenvalue weighted by Gasteiger charge is 2.17. The van der Waals surface area contributed by atoms with Crippen LogP contribution in [0.3, 0.4) is 0 Å². The molecule has 1 aromatic heterocycles. The number of hydrogen-bond acceptors (Lipinski definition) is 3. The van der Waals surface area contributed by atoms with E-state index in [-0.39, 0.29) is 12.4 Å². The summed E-state index contributed by atoms with van der Waals surface area (Å²) in [6.45, 7) is 7.43. The van der Waals surface area contributed by atoms with Crippen molar-refractivity contribution in [3.8, 4) is 0 Å². The van der Waals surface area contributed by atoms with Crippen LogP contribution in [0.15, 0.2) is 12.3 Å². The minimum atomic E-state index is -0.457. The fourth-order valence-corrected chi connectivity index (χ4v) is 1.44. The van der Waals surface area contributed by atoms with Crippen LogP contribution in [-0.4, -0.2) is 16.6 Å². The first kappa shape index (κ1) is 13.0. The molecule has 0 atom stereocenters. The van der Waals surface area contributed by atoms with Crippen LogP contribution in [0, 0.1) is 6.92 Å². The number of aryl methyl sites for hydroxylation is 1. The zero-order chi connectivity index (χ0) is 12.3. The van der Waals surface area contributed by atoms with Gasteiger partial charge in [-0.05, 0) is 44.9 Å². The molecule has 0 radical (unpaired) electrons. The molecule has 1 aromatic rings. The quantitative estimate of drug-likeness (QED) is 0.590. The number of halogens is 1. The molecule has 0 saturated carbocycles. The SMILES string of the molecule is Cc1cnc(Cl)cc1CC(=O)OC(C)(C)C. The fourth-order valence-electron chi connectivity index (χ4n) is 1.26. The van der Waals surface area contributed by atoms with Gasteiger partial charge in [0.2, 0.25) is 0 Å². The van der Waals surface area contributed by atoms with Crippen molar-refractivity contribution in [3.05, 3.63) is 28.5 Å². The van der Waals surface area contributed by atoms with Crippen molar-refractivity contribution in [2.75, 3.05) is 0 Å². The summed E-state index contributed by atoms with van der Waals surface area (Å²) in [6, 6.07) is 1.70. The van der Waals surface area contributed by atoms with Gasteiger partial charge in [-0.3, -0.25) is 4.79 Å². The molecule has 0 aliphatic rings. The minimum absolute atomic E-state index is 0.228. The maximum absolute atomic E-state index is 11.6. The van der Waals surface area contributed by atoms with E-state index in [9.17, 15) is 4.79 Å². The molecule has 0 unspecified atom stereocenters. The molecular weight excluding hydrogens is 226 g/mol. The third kappa shape index (κ3) is 4.19. The lowest BCUT2D eigenvalue weighted by molar-refractivity contribution is -0.153. The number of pyridine rings is 1. The second-order valence-corrected chi connectivity index (χ2v) is 5.08. The number of aromatic nitrogens is 1. The van der Waals surface area contributed by atoms with Gasteiger partial charge in [-0.25, -0.2) is 4.98 Å². The smallest absolute Gasteiger partial charge is 0.310 e. The first-order chi connectivity index (χ1) is 7.28. The van der Waals surface area contributed by atoms with Crippen LogP contribution in [0.4, 0.5) is 0 Å². The van der Waals surface area contributed by atoms with Gasteiger partial charge in [0.15, 0.2) is 0 Å². The van der Waals surface area contributed by atoms with Gasteiger partial charge < -0.3 is 4.74 Å². The lowest BCUT2D eigenvalue weighted by Gasteiger charge is -2.19. The number of carbonyl (C=O) groups is 1. The summed E-state index contributed by atoms with van der Waals surface area (Å²) in [6.07, 6.45) is 1.88. The molecule has 0 fully saturated rings. The summed E-state index contributed by atoms with van der Waals surface area (Å²) in [5, 5.41) is 0.393. The molecule has 1 rings (SSSR count). The van der Waals surface area contributed by atoms with Crippen molar-refractivity contribution < 1.29 is 9.53 Å². The summed E-state index contributed by atoms with van der Waals surface area (Å²) in [5.41, 5.74) is 1.34. The summed E-state index contributed by atoms with van der Waals surface area (Å²) >= 11 is 5.77. The molecule has 0 bridgehead atoms. The van der Waals surface area contributed by atoms with E-state index in [1.807, 2.05) is 27.7 Å². The molecule has 0 aromatic carbocycles. The lowest BCUT2D eigenvalue weighted by Crippen LogP contribution is -2.25. The Bertz CT molecular complexity index is 396. The van der Waals surface area contributed by atoms with Gasteiger partial charge in [-0.15, -0.1) is 0 Å². The first-order valence-electron chi connectivity index (χ1n) is 5.11. The summed E-state index contributed by atoms with van der Waals surface area (Å²) < 4.78 is 5.23. The number of hydrogen-bond donors (Lipinski definition) is 0. The third-order valence-electron chi connectivity index (χ3n) is 1.94. The van der Waals surface area contributed by atoms with Crippen LogP contribution in [0.25, 0.3) is 0 Å². The van der Waals surface area contributed by atoms with Gasteiger partial charge >= 0.3 is 5.97 Å². The van der Waals surface area contributed by atoms with Gasteiger partial charge in [-0.2, -0.15) is 0 Å². The molecule has 0 N–H and O–H groups in total. The normalized spacial score (nSPS) is 11.3. The highest BCUT2D eigenvalue weighted by atomic mass is 35.5. The van der Waals surface area contributed by atoms with Crippen LogP contribution < -0.4 is 0 Å². The van der Waals surface area contributed by atoms with Crippen LogP contribution in [0.1, 0.15) is 31.9 Å². The van der Waals surface area contributed by atoms with E-state index in [1.54, 1.807) is 12.3 Å². The van der Waals surface area contributed by atoms with E-state index in [4.69, 9.17) is 16.3 Å². The molecule has 0 amide bonds. The average molecular weight is 242 g/mol. The molecule has 0 aliphatic heterocycles. The Hall–Kier alpha value is -1.09. The third-order valence-corrected chi connectivity index (χ3v) is 2.14. The number of rotatable bonds is 2. The molecule has 3 nitrogen and oxygen atoms in total. The number of nitrogens with zero attached hydrogens (tertiary/aromatic N) is 1. The van der Waals surface area contributed by atoms with Crippen molar-refractivity contribution in [2.45, 2.75) is 39.7 Å². The Morgan fingerprint density at radius 1 is 1.50 bits per heavy atom. The van der Waals surface area contributed by atoms with E-state index in [2.05, 4.69) is 4.98 Å². The van der Waals surface area contributed by atoms with Gasteiger partial charge in [0.05, 0.1) is 6.42 Å². The van der Waals surface area contributed by atoms with Crippen molar-refractivity contribution in [1.82, 2.24) is 4.98 Å². The van der Waals surface area contributed by atoms with Gasteiger partial charge in [-0.1, -0.05) is 11.6 Å². The van der Waals surface area contributed by atoms with Crippen LogP contribution in [-0.2, 0) is 16.0 Å². The zero-order valence-corrected chi connectivity index (χ0v) is 10.8. The predicted molar refractivity (Wildman–Crippen MR) is 63.5 cm³/mol. The molecule has 0 spiro atoms. The fraction of sp³-hybridized carbons (Fsp3) is 0.500. The predicted octanol–water partition coefficient (Wildman–Crippen LogP) is 2.93. The van der Waals surface area contributed by atoms with Gasteiger partial charge in [0.1, 0.15) is 10.8 Å². The van der Waals surface area contributed by atoms with E-state index in [0.717, 1.165) is 11.1 Å². The van der Waals surface area contributed by atoms with Crippen LogP contribution >= 0.6 is 11.6 Å². The molecular formula is C12H16ClNO2. The van der Waals surface area contributed by atoms with E-state index >= 15 is 0 Å². The molecule has 16 heavy (non-hydrogen) atoms. The maximum Gasteiger partial charge on any atom is 0.310 e. The highest BCUT2D eigenvalue weighted by molar-refractivity contribution is 6.29. The van der Waals surface area contributed by atoms with E-state index in [1.165, 1.54) is 0 Å². The van der Waals surface area contributed by atoms with E-state index < -0.39 is 5.60 Å². The molecule has 0 aliphatic carbocycles. The second kappa shape index (κ2) is 4.83. The summed E-state index contributed by atoms with van der Waals surface area (Å²) in [4.78, 5) is 15.5. The topological polar surface area (TPSA) is 39.2 Å². The second-order valence-electron chi connectivity index (χ2n) is 4.70. The first-order valence-corrected chi connectivity index (χ1v) is 5.48. The number of carbonyl (C=O) groups excluding carboxylic acids is 1. The van der Waals surface area contributed by atoms with Crippen LogP contribution in [0.2, 0.25) is 5.15 Å². The lowest BCUT2D eigenvalue weighted by atomic mass is 10.1. The van der Waals surface area contributed by atoms with Crippen molar-refractivity contribution >= 4 is 17.6 Å². The Morgan fingerprint density at radius 2 is 2.12 bits per heavy atom. The van der Waals surface area contributed by atoms with Gasteiger partial charge in [0.25, 0.3) is 0 Å². The van der Waals surface area contributed by atoms with Crippen molar-refractivity contribution in [1.29, 1.82) is 0 Å². The largest absolute Gasteiger partial charge is 0.460 e. The van der Waals surface area contributed by atoms with Crippen molar-refractivity contribution in [3.63, 3.8) is 0 Å². The van der Waals surface area contributed by atoms with Gasteiger partial charge in [0, 0.05) is 6.20 Å². The van der Waals surface area contributed by atoms with Crippen molar-refractivity contribution in [2.24, 2.45) is 0 Å². The summed E-state index contributed by atoms with van der Waals surface area (Å²) in [7, 11) is 0. The average Bonchev–Trinajstić information content (AvgIpc) is 2.08. The maximum atomic E-state index is 11.6. The monoisotopic (exact) mass is 241 g/mol. The number of ether oxygens (including phenoxy) is 1. The molecule has 4 heteroatoms. The molecule has 88 valence electrons. The summed E-state index contributed by atoms with van der Waals surface area (Å²) in [5.74, 6) is -0.252. The number of esters is 1. The zero-order valence-electron chi connectivity index (χ0n) is 10.0. The Morgan fingerprint density at radius 3 is 2.69 bits per heavy atom. The van der Waals surface area contributed by atoms with E-state index in [0.29, 0.717) is 5.15 Å². The molecule has 1 heterocycles. The minimum Gasteiger partial charge on any atom is -0.460 e. The Labute approximate surface area is 101 Å². The Balaban J connectivity index is 2.73. The van der Waals surface area contributed by atoms with Crippen LogP contribution in [0.5, 0.6) is 0 Å². The standard InChI is InChI=1S/C12H16ClNO2/c1-8-7-14-10(13)5-9(8)6-11(15)16-12(2,3)4/h5,7H,6H2,1-4H3.